The van der Waals surface area contributed by atoms with Gasteiger partial charge in [-0.1, -0.05) is 284 Å². The number of carbonyl (C=O) groups is 1. The van der Waals surface area contributed by atoms with E-state index in [1.54, 1.807) is 0 Å². The molecule has 0 aromatic rings. The van der Waals surface area contributed by atoms with Gasteiger partial charge in [0.1, 0.15) is 36.6 Å². The average Bonchev–Trinajstić information content (AvgIpc) is 3.35. The number of ether oxygens (including phenoxy) is 2. The van der Waals surface area contributed by atoms with Gasteiger partial charge in [0.25, 0.3) is 0 Å². The van der Waals surface area contributed by atoms with Crippen LogP contribution in [0.2, 0.25) is 0 Å². The molecule has 0 aromatic carbocycles. The average molecular weight is 987 g/mol. The molecule has 11 nitrogen and oxygen atoms in total. The number of hydrogen-bond donors (Lipinski definition) is 8. The zero-order chi connectivity index (χ0) is 50.4. The molecule has 1 rings (SSSR count). The third-order valence-electron chi connectivity index (χ3n) is 14.9. The molecule has 0 radical (unpaired) electrons. The summed E-state index contributed by atoms with van der Waals surface area (Å²) in [6.07, 6.45) is 44.1. The quantitative estimate of drug-likeness (QED) is 0.0272. The second-order valence-corrected chi connectivity index (χ2v) is 21.4. The van der Waals surface area contributed by atoms with E-state index in [0.29, 0.717) is 19.3 Å². The van der Waals surface area contributed by atoms with Crippen molar-refractivity contribution in [3.05, 3.63) is 0 Å². The molecule has 1 aliphatic rings. The molecule has 1 aliphatic heterocycles. The maximum absolute atomic E-state index is 13.1. The molecule has 1 saturated heterocycles. The monoisotopic (exact) mass is 986 g/mol. The molecular weight excluding hydrogens is 871 g/mol. The Hall–Kier alpha value is -0.890. The van der Waals surface area contributed by atoms with Crippen molar-refractivity contribution in [3.63, 3.8) is 0 Å². The molecule has 69 heavy (non-hydrogen) atoms. The summed E-state index contributed by atoms with van der Waals surface area (Å²) in [4.78, 5) is 13.1. The normalized spacial score (nSPS) is 20.3. The van der Waals surface area contributed by atoms with Gasteiger partial charge in [-0.3, -0.25) is 4.79 Å². The number of hydrogen-bond acceptors (Lipinski definition) is 10. The Balaban J connectivity index is 2.02. The van der Waals surface area contributed by atoms with Gasteiger partial charge in [-0.15, -0.1) is 0 Å². The SMILES string of the molecule is CCCCCCCCCCCCCCCCCCCCCCCCCCCCCCCCCCCCCCC(O)C(=O)NC(COC1OC(CO)C(O)C(O)C1O)C(O)C(O)CCCCCCCC. The van der Waals surface area contributed by atoms with Crippen LogP contribution in [0.4, 0.5) is 0 Å². The Morgan fingerprint density at radius 3 is 1.07 bits per heavy atom. The Kier molecular flexibility index (Phi) is 46.1. The Bertz CT molecular complexity index is 1090. The molecule has 0 spiro atoms. The van der Waals surface area contributed by atoms with Crippen molar-refractivity contribution in [1.29, 1.82) is 0 Å². The van der Waals surface area contributed by atoms with Gasteiger partial charge in [-0.25, -0.2) is 0 Å². The van der Waals surface area contributed by atoms with Crippen LogP contribution in [0, 0.1) is 0 Å². The minimum atomic E-state index is -1.66. The lowest BCUT2D eigenvalue weighted by Crippen LogP contribution is -2.60. The van der Waals surface area contributed by atoms with E-state index < -0.39 is 74.2 Å². The summed E-state index contributed by atoms with van der Waals surface area (Å²) in [6, 6.07) is -1.16. The van der Waals surface area contributed by atoms with E-state index in [1.165, 1.54) is 205 Å². The predicted octanol–water partition coefficient (Wildman–Crippen LogP) is 12.6. The van der Waals surface area contributed by atoms with E-state index >= 15 is 0 Å². The number of aliphatic hydroxyl groups is 7. The largest absolute Gasteiger partial charge is 0.394 e. The standard InChI is InChI=1S/C58H115NO10/c1-3-5-7-9-11-12-13-14-15-16-17-18-19-20-21-22-23-24-25-26-27-28-29-30-31-32-33-34-35-36-37-38-39-40-42-44-46-51(62)57(67)59-49(53(63)50(61)45-43-41-10-8-6-4-2)48-68-58-56(66)55(65)54(64)52(47-60)69-58/h49-56,58,60-66H,3-48H2,1-2H3,(H,59,67). The minimum Gasteiger partial charge on any atom is -0.394 e. The maximum Gasteiger partial charge on any atom is 0.249 e. The molecule has 0 bridgehead atoms. The second-order valence-electron chi connectivity index (χ2n) is 21.4. The van der Waals surface area contributed by atoms with Gasteiger partial charge in [0.15, 0.2) is 6.29 Å². The van der Waals surface area contributed by atoms with Crippen LogP contribution in [0.1, 0.15) is 296 Å². The number of nitrogens with one attached hydrogen (secondary N) is 1. The lowest BCUT2D eigenvalue weighted by Gasteiger charge is -2.40. The van der Waals surface area contributed by atoms with E-state index in [2.05, 4.69) is 19.2 Å². The Morgan fingerprint density at radius 1 is 0.449 bits per heavy atom. The van der Waals surface area contributed by atoms with Gasteiger partial charge in [-0.2, -0.15) is 0 Å². The first-order chi connectivity index (χ1) is 33.7. The molecule has 8 N–H and O–H groups in total. The van der Waals surface area contributed by atoms with Crippen LogP contribution in [-0.2, 0) is 14.3 Å². The molecule has 1 heterocycles. The summed E-state index contributed by atoms with van der Waals surface area (Å²) in [5, 5.41) is 75.4. The van der Waals surface area contributed by atoms with Crippen LogP contribution in [-0.4, -0.2) is 110 Å². The summed E-state index contributed by atoms with van der Waals surface area (Å²) in [5.74, 6) is -0.695. The first-order valence-corrected chi connectivity index (χ1v) is 29.9. The van der Waals surface area contributed by atoms with Gasteiger partial charge in [0.05, 0.1) is 25.4 Å². The van der Waals surface area contributed by atoms with Gasteiger partial charge < -0.3 is 50.5 Å². The first kappa shape index (κ1) is 66.1. The number of aliphatic hydroxyl groups excluding tert-OH is 7. The van der Waals surface area contributed by atoms with Crippen molar-refractivity contribution < 1.29 is 50.0 Å². The second kappa shape index (κ2) is 48.1. The third-order valence-corrected chi connectivity index (χ3v) is 14.9. The van der Waals surface area contributed by atoms with Crippen LogP contribution in [0.5, 0.6) is 0 Å². The minimum absolute atomic E-state index is 0.266. The van der Waals surface area contributed by atoms with Crippen LogP contribution in [0.15, 0.2) is 0 Å². The lowest BCUT2D eigenvalue weighted by atomic mass is 9.98. The van der Waals surface area contributed by atoms with Crippen LogP contribution in [0.25, 0.3) is 0 Å². The summed E-state index contributed by atoms with van der Waals surface area (Å²) in [6.45, 7) is 3.39. The van der Waals surface area contributed by atoms with Crippen LogP contribution < -0.4 is 5.32 Å². The number of rotatable bonds is 52. The highest BCUT2D eigenvalue weighted by molar-refractivity contribution is 5.80. The van der Waals surface area contributed by atoms with E-state index in [0.717, 1.165) is 51.4 Å². The fourth-order valence-electron chi connectivity index (χ4n) is 10.0. The van der Waals surface area contributed by atoms with Crippen LogP contribution >= 0.6 is 0 Å². The zero-order valence-corrected chi connectivity index (χ0v) is 45.1. The molecule has 0 aliphatic carbocycles. The van der Waals surface area contributed by atoms with Crippen molar-refractivity contribution in [2.75, 3.05) is 13.2 Å². The van der Waals surface area contributed by atoms with Crippen molar-refractivity contribution in [2.24, 2.45) is 0 Å². The smallest absolute Gasteiger partial charge is 0.249 e. The molecule has 1 fully saturated rings. The molecule has 0 aromatic heterocycles. The van der Waals surface area contributed by atoms with E-state index in [4.69, 9.17) is 9.47 Å². The Morgan fingerprint density at radius 2 is 0.754 bits per heavy atom. The molecule has 1 amide bonds. The molecule has 11 heteroatoms. The van der Waals surface area contributed by atoms with Gasteiger partial charge in [0.2, 0.25) is 5.91 Å². The van der Waals surface area contributed by atoms with Crippen molar-refractivity contribution >= 4 is 5.91 Å². The van der Waals surface area contributed by atoms with E-state index in [-0.39, 0.29) is 6.42 Å². The highest BCUT2D eigenvalue weighted by atomic mass is 16.7. The number of carbonyl (C=O) groups excluding carboxylic acids is 1. The topological polar surface area (TPSA) is 189 Å². The van der Waals surface area contributed by atoms with Crippen LogP contribution in [0.3, 0.4) is 0 Å². The van der Waals surface area contributed by atoms with E-state index in [1.807, 2.05) is 0 Å². The first-order valence-electron chi connectivity index (χ1n) is 29.9. The fraction of sp³-hybridized carbons (Fsp3) is 0.983. The Labute approximate surface area is 424 Å². The number of unbranched alkanes of at least 4 members (excludes halogenated alkanes) is 40. The maximum atomic E-state index is 13.1. The van der Waals surface area contributed by atoms with Gasteiger partial charge >= 0.3 is 0 Å². The van der Waals surface area contributed by atoms with Crippen molar-refractivity contribution in [3.8, 4) is 0 Å². The van der Waals surface area contributed by atoms with Crippen molar-refractivity contribution in [2.45, 2.75) is 351 Å². The highest BCUT2D eigenvalue weighted by Crippen LogP contribution is 2.24. The van der Waals surface area contributed by atoms with Crippen molar-refractivity contribution in [1.82, 2.24) is 5.32 Å². The van der Waals surface area contributed by atoms with E-state index in [9.17, 15) is 40.5 Å². The zero-order valence-electron chi connectivity index (χ0n) is 45.1. The molecular formula is C58H115NO10. The molecule has 9 unspecified atom stereocenters. The third kappa shape index (κ3) is 36.6. The highest BCUT2D eigenvalue weighted by Gasteiger charge is 2.44. The molecule has 0 saturated carbocycles. The molecule has 9 atom stereocenters. The molecule has 412 valence electrons. The lowest BCUT2D eigenvalue weighted by molar-refractivity contribution is -0.303. The summed E-state index contributed by atoms with van der Waals surface area (Å²) in [5.41, 5.74) is 0. The fourth-order valence-corrected chi connectivity index (χ4v) is 10.0. The summed E-state index contributed by atoms with van der Waals surface area (Å²) >= 11 is 0. The summed E-state index contributed by atoms with van der Waals surface area (Å²) in [7, 11) is 0. The van der Waals surface area contributed by atoms with Gasteiger partial charge in [-0.05, 0) is 12.8 Å². The summed E-state index contributed by atoms with van der Waals surface area (Å²) < 4.78 is 11.1. The van der Waals surface area contributed by atoms with Gasteiger partial charge in [0, 0.05) is 0 Å². The number of amides is 1. The predicted molar refractivity (Wildman–Crippen MR) is 284 cm³/mol.